The summed E-state index contributed by atoms with van der Waals surface area (Å²) in [6, 6.07) is 0. The Kier molecular flexibility index (Phi) is 5.93. The van der Waals surface area contributed by atoms with Crippen LogP contribution in [0.2, 0.25) is 0 Å². The maximum Gasteiger partial charge on any atom is 0.263 e. The third kappa shape index (κ3) is 4470. The zero-order chi connectivity index (χ0) is 8.08. The molecule has 9 heavy (non-hydrogen) atoms. The summed E-state index contributed by atoms with van der Waals surface area (Å²) in [6.07, 6.45) is 0. The minimum Gasteiger partial charge on any atom is -0.370 e. The molecule has 0 heterocycles. The molecule has 56 valence electrons. The van der Waals surface area contributed by atoms with E-state index in [0.29, 0.717) is 0 Å². The lowest BCUT2D eigenvalue weighted by Gasteiger charge is -1.73. The molecule has 7 heteroatoms. The minimum atomic E-state index is -3.83. The second kappa shape index (κ2) is 4.62. The standard InChI is InChI=1S/C2H5NO.H2O3S2/c1-2(3)4;1-5(2,3)4/h1H3,(H2,3,4);(H2,1,2,3,4). The summed E-state index contributed by atoms with van der Waals surface area (Å²) in [5.41, 5.74) is 4.47. The second-order valence-electron chi connectivity index (χ2n) is 1.06. The molecule has 0 aliphatic carbocycles. The smallest absolute Gasteiger partial charge is 0.263 e. The van der Waals surface area contributed by atoms with E-state index in [-0.39, 0.29) is 5.91 Å². The van der Waals surface area contributed by atoms with E-state index in [2.05, 4.69) is 16.9 Å². The van der Waals surface area contributed by atoms with Crippen LogP contribution in [0.4, 0.5) is 0 Å². The van der Waals surface area contributed by atoms with Gasteiger partial charge in [-0.2, -0.15) is 4.21 Å². The first-order valence-corrected chi connectivity index (χ1v) is 4.09. The molecule has 0 aromatic rings. The summed E-state index contributed by atoms with van der Waals surface area (Å²) >= 11 is 3.47. The third-order valence-corrected chi connectivity index (χ3v) is 0. The van der Waals surface area contributed by atoms with Crippen molar-refractivity contribution in [1.29, 1.82) is 0 Å². The van der Waals surface area contributed by atoms with Gasteiger partial charge in [0.25, 0.3) is 9.05 Å². The number of hydrogen-bond acceptors (Lipinski definition) is 3. The van der Waals surface area contributed by atoms with Crippen molar-refractivity contribution in [3.05, 3.63) is 0 Å². The first-order valence-electron chi connectivity index (χ1n) is 1.69. The molecule has 0 radical (unpaired) electrons. The van der Waals surface area contributed by atoms with Crippen LogP contribution in [0.25, 0.3) is 0 Å². The lowest BCUT2D eigenvalue weighted by atomic mass is 10.8. The summed E-state index contributed by atoms with van der Waals surface area (Å²) in [7, 11) is -3.83. The third-order valence-electron chi connectivity index (χ3n) is 0. The molecule has 5 nitrogen and oxygen atoms in total. The van der Waals surface area contributed by atoms with Crippen LogP contribution in [0, 0.1) is 0 Å². The quantitative estimate of drug-likeness (QED) is 0.444. The van der Waals surface area contributed by atoms with Gasteiger partial charge >= 0.3 is 0 Å². The van der Waals surface area contributed by atoms with Gasteiger partial charge in [0, 0.05) is 18.1 Å². The van der Waals surface area contributed by atoms with Crippen LogP contribution in [0.3, 0.4) is 0 Å². The Morgan fingerprint density at radius 2 is 1.67 bits per heavy atom. The van der Waals surface area contributed by atoms with E-state index in [1.165, 1.54) is 6.92 Å². The Morgan fingerprint density at radius 1 is 1.67 bits per heavy atom. The Hall–Kier alpha value is -0.240. The van der Waals surface area contributed by atoms with E-state index in [4.69, 9.17) is 13.3 Å². The molecule has 0 rings (SSSR count). The Balaban J connectivity index is 0. The molecule has 0 aromatic carbocycles. The van der Waals surface area contributed by atoms with Gasteiger partial charge in [0.1, 0.15) is 0 Å². The molecule has 0 saturated heterocycles. The Morgan fingerprint density at radius 3 is 1.67 bits per heavy atom. The topological polar surface area (TPSA) is 101 Å². The van der Waals surface area contributed by atoms with Crippen molar-refractivity contribution >= 4 is 26.1 Å². The van der Waals surface area contributed by atoms with Crippen molar-refractivity contribution in [2.45, 2.75) is 6.92 Å². The molecule has 0 spiro atoms. The Bertz CT molecular complexity index is 159. The van der Waals surface area contributed by atoms with Crippen molar-refractivity contribution in [2.24, 2.45) is 5.73 Å². The Labute approximate surface area is 57.6 Å². The molecular weight excluding hydrogens is 166 g/mol. The van der Waals surface area contributed by atoms with Crippen LogP contribution in [0.5, 0.6) is 0 Å². The number of hydrogen-bond donors (Lipinski definition) is 3. The largest absolute Gasteiger partial charge is 0.370 e. The van der Waals surface area contributed by atoms with Crippen LogP contribution in [0.15, 0.2) is 0 Å². The molecule has 0 aromatic heterocycles. The molecular formula is C2H7NO4S2. The molecule has 0 atom stereocenters. The van der Waals surface area contributed by atoms with Gasteiger partial charge in [-0.3, -0.25) is 13.9 Å². The predicted molar refractivity (Wildman–Crippen MR) is 35.6 cm³/mol. The van der Waals surface area contributed by atoms with Gasteiger partial charge in [-0.25, -0.2) is 0 Å². The molecule has 0 fully saturated rings. The lowest BCUT2D eigenvalue weighted by Crippen LogP contribution is -2.01. The van der Waals surface area contributed by atoms with Crippen LogP contribution >= 0.6 is 0 Å². The maximum absolute atomic E-state index is 9.22. The fraction of sp³-hybridized carbons (Fsp3) is 0.500. The zero-order valence-corrected chi connectivity index (χ0v) is 6.24. The average Bonchev–Trinajstić information content (AvgIpc) is 1.19. The van der Waals surface area contributed by atoms with Gasteiger partial charge in [0.2, 0.25) is 5.91 Å². The van der Waals surface area contributed by atoms with Gasteiger partial charge in [0.15, 0.2) is 0 Å². The zero-order valence-electron chi connectivity index (χ0n) is 4.60. The first kappa shape index (κ1) is 11.5. The summed E-state index contributed by atoms with van der Waals surface area (Å²) in [6.45, 7) is 1.31. The van der Waals surface area contributed by atoms with Crippen LogP contribution in [0.1, 0.15) is 6.92 Å². The molecule has 4 N–H and O–H groups in total. The van der Waals surface area contributed by atoms with Crippen molar-refractivity contribution in [1.82, 2.24) is 0 Å². The highest BCUT2D eigenvalue weighted by Gasteiger charge is 1.78. The van der Waals surface area contributed by atoms with Crippen molar-refractivity contribution in [2.75, 3.05) is 0 Å². The second-order valence-corrected chi connectivity index (χ2v) is 3.26. The average molecular weight is 173 g/mol. The van der Waals surface area contributed by atoms with E-state index in [0.717, 1.165) is 0 Å². The number of amides is 1. The van der Waals surface area contributed by atoms with E-state index in [1.54, 1.807) is 0 Å². The number of rotatable bonds is 0. The highest BCUT2D eigenvalue weighted by atomic mass is 32.9. The molecule has 0 unspecified atom stereocenters. The summed E-state index contributed by atoms with van der Waals surface area (Å²) < 4.78 is 24.0. The van der Waals surface area contributed by atoms with E-state index >= 15 is 0 Å². The number of carbonyl (C=O) groups is 1. The monoisotopic (exact) mass is 173 g/mol. The highest BCUT2D eigenvalue weighted by Crippen LogP contribution is 1.62. The van der Waals surface area contributed by atoms with Crippen molar-refractivity contribution in [3.63, 3.8) is 0 Å². The van der Waals surface area contributed by atoms with Gasteiger partial charge in [-0.05, 0) is 0 Å². The molecule has 0 aliphatic rings. The first-order chi connectivity index (χ1) is 3.73. The molecule has 0 aliphatic heterocycles. The molecule has 0 bridgehead atoms. The minimum absolute atomic E-state index is 0.333. The van der Waals surface area contributed by atoms with Gasteiger partial charge in [-0.15, -0.1) is 0 Å². The number of carbonyl (C=O) groups excluding carboxylic acids is 1. The van der Waals surface area contributed by atoms with E-state index < -0.39 is 9.05 Å². The van der Waals surface area contributed by atoms with Crippen LogP contribution in [-0.4, -0.2) is 19.2 Å². The van der Waals surface area contributed by atoms with Gasteiger partial charge in [0.05, 0.1) is 0 Å². The predicted octanol–water partition coefficient (Wildman–Crippen LogP) is -0.830. The summed E-state index contributed by atoms with van der Waals surface area (Å²) in [5, 5.41) is 0. The van der Waals surface area contributed by atoms with E-state index in [1.807, 2.05) is 0 Å². The summed E-state index contributed by atoms with van der Waals surface area (Å²) in [4.78, 5) is 9.22. The highest BCUT2D eigenvalue weighted by molar-refractivity contribution is 8.26. The van der Waals surface area contributed by atoms with Gasteiger partial charge in [-0.1, -0.05) is 0 Å². The normalized spacial score (nSPS) is 9.22. The van der Waals surface area contributed by atoms with Crippen molar-refractivity contribution in [3.8, 4) is 0 Å². The molecule has 1 amide bonds. The van der Waals surface area contributed by atoms with Crippen molar-refractivity contribution < 1.29 is 18.1 Å². The number of nitrogens with two attached hydrogens (primary N) is 1. The van der Waals surface area contributed by atoms with Crippen LogP contribution in [-0.2, 0) is 25.0 Å². The number of primary amides is 1. The fourth-order valence-electron chi connectivity index (χ4n) is 0. The van der Waals surface area contributed by atoms with Gasteiger partial charge < -0.3 is 5.73 Å². The van der Waals surface area contributed by atoms with Crippen LogP contribution < -0.4 is 5.73 Å². The maximum atomic E-state index is 9.22. The molecule has 0 saturated carbocycles. The fourth-order valence-corrected chi connectivity index (χ4v) is 0. The lowest BCUT2D eigenvalue weighted by molar-refractivity contribution is -0.115. The van der Waals surface area contributed by atoms with E-state index in [9.17, 15) is 4.79 Å². The summed E-state index contributed by atoms with van der Waals surface area (Å²) in [5.74, 6) is -0.333. The SMILES string of the molecule is CC(N)=O.O=S(O)(O)=S.